The molecule has 3 heterocycles. The first kappa shape index (κ1) is 20.9. The molecular weight excluding hydrogens is 413 g/mol. The summed E-state index contributed by atoms with van der Waals surface area (Å²) in [5.74, 6) is -1.86. The molecule has 2 amide bonds. The average Bonchev–Trinajstić information content (AvgIpc) is 2.73. The van der Waals surface area contributed by atoms with E-state index in [4.69, 9.17) is 5.73 Å². The molecule has 1 saturated heterocycles. The van der Waals surface area contributed by atoms with E-state index in [1.54, 1.807) is 0 Å². The molecule has 0 radical (unpaired) electrons. The highest BCUT2D eigenvalue weighted by atomic mass is 19.4. The fourth-order valence-corrected chi connectivity index (χ4v) is 3.90. The number of amides is 2. The Morgan fingerprint density at radius 3 is 2.58 bits per heavy atom. The number of nitrogens with one attached hydrogen (secondary N) is 2. The largest absolute Gasteiger partial charge is 0.418 e. The lowest BCUT2D eigenvalue weighted by Gasteiger charge is -2.30. The Bertz CT molecular complexity index is 1020. The molecule has 1 aromatic carbocycles. The number of halogens is 3. The average molecular weight is 434 g/mol. The Balaban J connectivity index is 1.65. The van der Waals surface area contributed by atoms with Gasteiger partial charge in [-0.15, -0.1) is 0 Å². The molecule has 2 aliphatic heterocycles. The van der Waals surface area contributed by atoms with Crippen molar-refractivity contribution in [3.63, 3.8) is 0 Å². The molecule has 1 atom stereocenters. The molecule has 2 aromatic rings. The van der Waals surface area contributed by atoms with Crippen molar-refractivity contribution in [2.75, 3.05) is 34.4 Å². The van der Waals surface area contributed by atoms with E-state index < -0.39 is 35.2 Å². The highest BCUT2D eigenvalue weighted by molar-refractivity contribution is 6.05. The molecule has 164 valence electrons. The van der Waals surface area contributed by atoms with Gasteiger partial charge < -0.3 is 21.3 Å². The number of fused-ring (bicyclic) bond motifs is 1. The summed E-state index contributed by atoms with van der Waals surface area (Å²) in [5, 5.41) is 4.90. The van der Waals surface area contributed by atoms with Crippen LogP contribution in [0.3, 0.4) is 0 Å². The van der Waals surface area contributed by atoms with Gasteiger partial charge in [0, 0.05) is 19.5 Å². The molecule has 1 fully saturated rings. The number of nitrogens with two attached hydrogens (primary N) is 1. The minimum Gasteiger partial charge on any atom is -0.383 e. The van der Waals surface area contributed by atoms with Crippen molar-refractivity contribution in [2.45, 2.75) is 37.8 Å². The Hall–Kier alpha value is -3.37. The summed E-state index contributed by atoms with van der Waals surface area (Å²) in [4.78, 5) is 35.8. The molecule has 0 saturated carbocycles. The molecule has 0 unspecified atom stereocenters. The summed E-state index contributed by atoms with van der Waals surface area (Å²) < 4.78 is 39.8. The van der Waals surface area contributed by atoms with E-state index >= 15 is 0 Å². The lowest BCUT2D eigenvalue weighted by atomic mass is 9.91. The normalized spacial score (nSPS) is 18.9. The van der Waals surface area contributed by atoms with Crippen LogP contribution in [0.5, 0.6) is 0 Å². The van der Waals surface area contributed by atoms with Crippen LogP contribution >= 0.6 is 0 Å². The van der Waals surface area contributed by atoms with E-state index in [9.17, 15) is 22.8 Å². The van der Waals surface area contributed by atoms with Crippen LogP contribution in [0.1, 0.15) is 42.7 Å². The molecule has 31 heavy (non-hydrogen) atoms. The van der Waals surface area contributed by atoms with Crippen molar-refractivity contribution in [3.8, 4) is 0 Å². The van der Waals surface area contributed by atoms with E-state index in [0.29, 0.717) is 5.95 Å². The summed E-state index contributed by atoms with van der Waals surface area (Å²) in [5.41, 5.74) is 4.97. The maximum atomic E-state index is 13.3. The molecule has 2 aliphatic rings. The number of nitrogens with zero attached hydrogens (tertiary/aromatic N) is 3. The van der Waals surface area contributed by atoms with Crippen molar-refractivity contribution in [1.29, 1.82) is 0 Å². The highest BCUT2D eigenvalue weighted by Gasteiger charge is 2.37. The number of piperidine rings is 1. The van der Waals surface area contributed by atoms with Gasteiger partial charge in [-0.3, -0.25) is 9.59 Å². The van der Waals surface area contributed by atoms with Crippen molar-refractivity contribution in [3.05, 3.63) is 35.4 Å². The number of benzene rings is 1. The maximum Gasteiger partial charge on any atom is 0.418 e. The predicted octanol–water partition coefficient (Wildman–Crippen LogP) is 3.13. The van der Waals surface area contributed by atoms with Gasteiger partial charge in [0.25, 0.3) is 0 Å². The van der Waals surface area contributed by atoms with Gasteiger partial charge in [0.05, 0.1) is 22.7 Å². The van der Waals surface area contributed by atoms with Crippen LogP contribution in [-0.2, 0) is 15.8 Å². The van der Waals surface area contributed by atoms with Gasteiger partial charge in [-0.05, 0) is 31.4 Å². The molecule has 0 bridgehead atoms. The number of anilines is 4. The number of para-hydroxylation sites is 1. The summed E-state index contributed by atoms with van der Waals surface area (Å²) >= 11 is 0. The quantitative estimate of drug-likeness (QED) is 0.684. The Kier molecular flexibility index (Phi) is 5.42. The smallest absolute Gasteiger partial charge is 0.383 e. The molecule has 4 rings (SSSR count). The number of hydrogen-bond acceptors (Lipinski definition) is 6. The van der Waals surface area contributed by atoms with E-state index in [-0.39, 0.29) is 23.6 Å². The van der Waals surface area contributed by atoms with Crippen molar-refractivity contribution in [2.24, 2.45) is 0 Å². The second-order valence-corrected chi connectivity index (χ2v) is 7.56. The van der Waals surface area contributed by atoms with Gasteiger partial charge in [0.1, 0.15) is 11.6 Å². The second-order valence-electron chi connectivity index (χ2n) is 7.56. The number of alkyl halides is 3. The number of carbonyl (C=O) groups excluding carboxylic acids is 2. The predicted molar refractivity (Wildman–Crippen MR) is 109 cm³/mol. The van der Waals surface area contributed by atoms with E-state index in [0.717, 1.165) is 44.5 Å². The maximum absolute atomic E-state index is 13.3. The SMILES string of the molecule is Nc1nc(N2CCCCC2)nc2c1[C@H](C(=O)Nc1ccccc1C(F)(F)F)CC(=O)N2. The van der Waals surface area contributed by atoms with E-state index in [1.807, 2.05) is 4.90 Å². The summed E-state index contributed by atoms with van der Waals surface area (Å²) in [6, 6.07) is 4.65. The number of aromatic nitrogens is 2. The number of nitrogen functional groups attached to an aromatic ring is 1. The fourth-order valence-electron chi connectivity index (χ4n) is 3.90. The monoisotopic (exact) mass is 434 g/mol. The summed E-state index contributed by atoms with van der Waals surface area (Å²) in [7, 11) is 0. The highest BCUT2D eigenvalue weighted by Crippen LogP contribution is 2.39. The van der Waals surface area contributed by atoms with Gasteiger partial charge in [-0.2, -0.15) is 23.1 Å². The molecule has 11 heteroatoms. The van der Waals surface area contributed by atoms with Gasteiger partial charge in [0.15, 0.2) is 0 Å². The Labute approximate surface area is 176 Å². The summed E-state index contributed by atoms with van der Waals surface area (Å²) in [6.07, 6.45) is -1.84. The minimum absolute atomic E-state index is 0.0230. The third-order valence-corrected chi connectivity index (χ3v) is 5.40. The van der Waals surface area contributed by atoms with Crippen LogP contribution in [0, 0.1) is 0 Å². The minimum atomic E-state index is -4.64. The van der Waals surface area contributed by atoms with E-state index in [1.165, 1.54) is 12.1 Å². The zero-order chi connectivity index (χ0) is 22.2. The van der Waals surface area contributed by atoms with Crippen LogP contribution in [0.15, 0.2) is 24.3 Å². The molecule has 8 nitrogen and oxygen atoms in total. The first-order valence-corrected chi connectivity index (χ1v) is 9.93. The van der Waals surface area contributed by atoms with Crippen molar-refractivity contribution in [1.82, 2.24) is 9.97 Å². The fraction of sp³-hybridized carbons (Fsp3) is 0.400. The molecule has 0 spiro atoms. The first-order valence-electron chi connectivity index (χ1n) is 9.93. The van der Waals surface area contributed by atoms with E-state index in [2.05, 4.69) is 20.6 Å². The zero-order valence-corrected chi connectivity index (χ0v) is 16.5. The van der Waals surface area contributed by atoms with Gasteiger partial charge in [0.2, 0.25) is 17.8 Å². The third-order valence-electron chi connectivity index (χ3n) is 5.40. The standard InChI is InChI=1S/C20H21F3N6O2/c21-20(22,23)12-6-2-3-7-13(12)25-18(31)11-10-14(30)26-17-15(11)16(24)27-19(28-17)29-8-4-1-5-9-29/h2-3,6-7,11H,1,4-5,8-10H2,(H,25,31)(H3,24,26,27,28,30)/t11-/m1/s1. The van der Waals surface area contributed by atoms with Gasteiger partial charge >= 0.3 is 6.18 Å². The molecule has 0 aliphatic carbocycles. The topological polar surface area (TPSA) is 113 Å². The van der Waals surface area contributed by atoms with Crippen molar-refractivity contribution < 1.29 is 22.8 Å². The lowest BCUT2D eigenvalue weighted by molar-refractivity contribution is -0.137. The Morgan fingerprint density at radius 1 is 1.16 bits per heavy atom. The van der Waals surface area contributed by atoms with Gasteiger partial charge in [-0.25, -0.2) is 0 Å². The molecular formula is C20H21F3N6O2. The van der Waals surface area contributed by atoms with Crippen molar-refractivity contribution >= 4 is 35.1 Å². The number of hydrogen-bond donors (Lipinski definition) is 3. The number of carbonyl (C=O) groups is 2. The number of rotatable bonds is 3. The lowest BCUT2D eigenvalue weighted by Crippen LogP contribution is -2.35. The van der Waals surface area contributed by atoms with Gasteiger partial charge in [-0.1, -0.05) is 12.1 Å². The first-order chi connectivity index (χ1) is 14.7. The van der Waals surface area contributed by atoms with Crippen LogP contribution in [0.25, 0.3) is 0 Å². The van der Waals surface area contributed by atoms with Crippen LogP contribution in [0.2, 0.25) is 0 Å². The van der Waals surface area contributed by atoms with Crippen LogP contribution in [-0.4, -0.2) is 34.9 Å². The Morgan fingerprint density at radius 2 is 1.87 bits per heavy atom. The van der Waals surface area contributed by atoms with Crippen LogP contribution < -0.4 is 21.3 Å². The van der Waals surface area contributed by atoms with Crippen LogP contribution in [0.4, 0.5) is 36.4 Å². The third kappa shape index (κ3) is 4.25. The second kappa shape index (κ2) is 8.05. The zero-order valence-electron chi connectivity index (χ0n) is 16.5. The molecule has 1 aromatic heterocycles. The molecule has 4 N–H and O–H groups in total. The summed E-state index contributed by atoms with van der Waals surface area (Å²) in [6.45, 7) is 1.51.